The minimum Gasteiger partial charge on any atom is -0.493 e. The van der Waals surface area contributed by atoms with Crippen molar-refractivity contribution in [1.82, 2.24) is 4.90 Å². The number of benzene rings is 2. The Morgan fingerprint density at radius 3 is 2.56 bits per heavy atom. The molecule has 1 saturated heterocycles. The Morgan fingerprint density at radius 2 is 1.88 bits per heavy atom. The van der Waals surface area contributed by atoms with Crippen LogP contribution in [0.15, 0.2) is 36.4 Å². The first-order valence-electron chi connectivity index (χ1n) is 11.1. The maximum atomic E-state index is 12.7. The average Bonchev–Trinajstić information content (AvgIpc) is 3.16. The topological polar surface area (TPSA) is 65.1 Å². The minimum atomic E-state index is -0.235. The molecule has 0 N–H and O–H groups in total. The standard InChI is InChI=1S/C25H28ClNO5/c1-3-30-22-13-19-12-16(2)32-23(19)14-20(22)15-31-25(29)18-8-10-27(11-9-18)24(28)17-4-6-21(26)7-5-17/h4-7,13-14,16,18H,3,8-12,15H2,1-2H3/t16-/m0/s1. The van der Waals surface area contributed by atoms with Crippen molar-refractivity contribution in [3.05, 3.63) is 58.1 Å². The van der Waals surface area contributed by atoms with Gasteiger partial charge in [0.2, 0.25) is 0 Å². The van der Waals surface area contributed by atoms with E-state index in [-0.39, 0.29) is 30.5 Å². The quantitative estimate of drug-likeness (QED) is 0.590. The summed E-state index contributed by atoms with van der Waals surface area (Å²) < 4.78 is 17.2. The van der Waals surface area contributed by atoms with Crippen LogP contribution < -0.4 is 9.47 Å². The highest BCUT2D eigenvalue weighted by Crippen LogP contribution is 2.35. The summed E-state index contributed by atoms with van der Waals surface area (Å²) in [5.74, 6) is 1.08. The summed E-state index contributed by atoms with van der Waals surface area (Å²) in [4.78, 5) is 27.1. The number of fused-ring (bicyclic) bond motifs is 1. The fourth-order valence-electron chi connectivity index (χ4n) is 4.24. The lowest BCUT2D eigenvalue weighted by Crippen LogP contribution is -2.40. The summed E-state index contributed by atoms with van der Waals surface area (Å²) in [5, 5.41) is 0.597. The van der Waals surface area contributed by atoms with Crippen molar-refractivity contribution in [2.45, 2.75) is 45.8 Å². The average molecular weight is 458 g/mol. The molecule has 1 fully saturated rings. The molecule has 6 nitrogen and oxygen atoms in total. The Labute approximate surface area is 193 Å². The predicted octanol–water partition coefficient (Wildman–Crippen LogP) is 4.66. The Balaban J connectivity index is 1.32. The highest BCUT2D eigenvalue weighted by molar-refractivity contribution is 6.30. The number of hydrogen-bond acceptors (Lipinski definition) is 5. The highest BCUT2D eigenvalue weighted by atomic mass is 35.5. The lowest BCUT2D eigenvalue weighted by Gasteiger charge is -2.31. The Hall–Kier alpha value is -2.73. The van der Waals surface area contributed by atoms with Crippen LogP contribution in [0.3, 0.4) is 0 Å². The third kappa shape index (κ3) is 5.01. The van der Waals surface area contributed by atoms with E-state index in [1.807, 2.05) is 26.0 Å². The normalized spacial score (nSPS) is 18.1. The number of nitrogens with zero attached hydrogens (tertiary/aromatic N) is 1. The number of hydrogen-bond donors (Lipinski definition) is 0. The van der Waals surface area contributed by atoms with Crippen molar-refractivity contribution < 1.29 is 23.8 Å². The Morgan fingerprint density at radius 1 is 1.16 bits per heavy atom. The molecule has 0 saturated carbocycles. The van der Waals surface area contributed by atoms with Gasteiger partial charge in [0.25, 0.3) is 5.91 Å². The molecule has 0 aliphatic carbocycles. The van der Waals surface area contributed by atoms with E-state index in [0.717, 1.165) is 29.0 Å². The molecule has 32 heavy (non-hydrogen) atoms. The lowest BCUT2D eigenvalue weighted by molar-refractivity contribution is -0.151. The van der Waals surface area contributed by atoms with Gasteiger partial charge in [0.15, 0.2) is 0 Å². The van der Waals surface area contributed by atoms with Gasteiger partial charge in [0, 0.05) is 41.2 Å². The van der Waals surface area contributed by atoms with Crippen LogP contribution in [0.5, 0.6) is 11.5 Å². The van der Waals surface area contributed by atoms with Crippen LogP contribution in [0.2, 0.25) is 5.02 Å². The molecule has 1 atom stereocenters. The van der Waals surface area contributed by atoms with Gasteiger partial charge in [-0.25, -0.2) is 0 Å². The molecule has 2 aromatic carbocycles. The van der Waals surface area contributed by atoms with E-state index in [4.69, 9.17) is 25.8 Å². The summed E-state index contributed by atoms with van der Waals surface area (Å²) in [6.07, 6.45) is 2.16. The van der Waals surface area contributed by atoms with E-state index in [1.54, 1.807) is 29.2 Å². The zero-order valence-corrected chi connectivity index (χ0v) is 19.2. The van der Waals surface area contributed by atoms with Gasteiger partial charge < -0.3 is 19.1 Å². The van der Waals surface area contributed by atoms with E-state index in [1.165, 1.54) is 0 Å². The molecule has 0 radical (unpaired) electrons. The number of piperidine rings is 1. The van der Waals surface area contributed by atoms with E-state index >= 15 is 0 Å². The molecule has 4 rings (SSSR count). The SMILES string of the molecule is CCOc1cc2c(cc1COC(=O)C1CCN(C(=O)c3ccc(Cl)cc3)CC1)O[C@@H](C)C2. The van der Waals surface area contributed by atoms with E-state index in [2.05, 4.69) is 0 Å². The predicted molar refractivity (Wildman–Crippen MR) is 121 cm³/mol. The van der Waals surface area contributed by atoms with Gasteiger partial charge in [-0.05, 0) is 63.1 Å². The monoisotopic (exact) mass is 457 g/mol. The van der Waals surface area contributed by atoms with Crippen LogP contribution >= 0.6 is 11.6 Å². The lowest BCUT2D eigenvalue weighted by atomic mass is 9.96. The first kappa shape index (κ1) is 22.5. The second-order valence-electron chi connectivity index (χ2n) is 8.31. The second kappa shape index (κ2) is 9.82. The molecular formula is C25H28ClNO5. The van der Waals surface area contributed by atoms with Crippen LogP contribution in [0.25, 0.3) is 0 Å². The van der Waals surface area contributed by atoms with Gasteiger partial charge in [0.1, 0.15) is 24.2 Å². The molecule has 0 bridgehead atoms. The van der Waals surface area contributed by atoms with Crippen molar-refractivity contribution in [1.29, 1.82) is 0 Å². The summed E-state index contributed by atoms with van der Waals surface area (Å²) in [6, 6.07) is 10.8. The Kier molecular flexibility index (Phi) is 6.89. The van der Waals surface area contributed by atoms with Gasteiger partial charge in [-0.2, -0.15) is 0 Å². The number of likely N-dealkylation sites (tertiary alicyclic amines) is 1. The molecule has 2 aromatic rings. The number of carbonyl (C=O) groups excluding carboxylic acids is 2. The van der Waals surface area contributed by atoms with Crippen LogP contribution in [0.1, 0.15) is 48.2 Å². The van der Waals surface area contributed by atoms with E-state index < -0.39 is 0 Å². The molecule has 1 amide bonds. The van der Waals surface area contributed by atoms with Gasteiger partial charge in [-0.3, -0.25) is 9.59 Å². The summed E-state index contributed by atoms with van der Waals surface area (Å²) >= 11 is 5.90. The van der Waals surface area contributed by atoms with Crippen molar-refractivity contribution in [3.8, 4) is 11.5 Å². The number of amides is 1. The fraction of sp³-hybridized carbons (Fsp3) is 0.440. The minimum absolute atomic E-state index is 0.0396. The number of ether oxygens (including phenoxy) is 3. The molecule has 170 valence electrons. The molecule has 0 unspecified atom stereocenters. The number of carbonyl (C=O) groups is 2. The zero-order valence-electron chi connectivity index (χ0n) is 18.4. The van der Waals surface area contributed by atoms with Crippen LogP contribution in [-0.2, 0) is 22.6 Å². The van der Waals surface area contributed by atoms with Gasteiger partial charge in [0.05, 0.1) is 12.5 Å². The van der Waals surface area contributed by atoms with Crippen molar-refractivity contribution in [2.75, 3.05) is 19.7 Å². The smallest absolute Gasteiger partial charge is 0.309 e. The molecule has 2 heterocycles. The largest absolute Gasteiger partial charge is 0.493 e. The molecule has 2 aliphatic rings. The third-order valence-electron chi connectivity index (χ3n) is 5.96. The van der Waals surface area contributed by atoms with E-state index in [0.29, 0.717) is 43.1 Å². The van der Waals surface area contributed by atoms with Gasteiger partial charge >= 0.3 is 5.97 Å². The van der Waals surface area contributed by atoms with Crippen molar-refractivity contribution in [3.63, 3.8) is 0 Å². The first-order valence-corrected chi connectivity index (χ1v) is 11.5. The summed E-state index contributed by atoms with van der Waals surface area (Å²) in [7, 11) is 0. The van der Waals surface area contributed by atoms with Crippen LogP contribution in [0, 0.1) is 5.92 Å². The fourth-order valence-corrected chi connectivity index (χ4v) is 4.37. The van der Waals surface area contributed by atoms with Crippen molar-refractivity contribution in [2.24, 2.45) is 5.92 Å². The molecule has 0 spiro atoms. The maximum Gasteiger partial charge on any atom is 0.309 e. The van der Waals surface area contributed by atoms with Gasteiger partial charge in [-0.1, -0.05) is 11.6 Å². The highest BCUT2D eigenvalue weighted by Gasteiger charge is 2.29. The van der Waals surface area contributed by atoms with Crippen LogP contribution in [-0.4, -0.2) is 42.6 Å². The molecular weight excluding hydrogens is 430 g/mol. The number of esters is 1. The Bertz CT molecular complexity index is 983. The number of rotatable bonds is 6. The van der Waals surface area contributed by atoms with Crippen molar-refractivity contribution >= 4 is 23.5 Å². The molecule has 2 aliphatic heterocycles. The zero-order chi connectivity index (χ0) is 22.7. The summed E-state index contributed by atoms with van der Waals surface area (Å²) in [5.41, 5.74) is 2.53. The van der Waals surface area contributed by atoms with E-state index in [9.17, 15) is 9.59 Å². The van der Waals surface area contributed by atoms with Crippen LogP contribution in [0.4, 0.5) is 0 Å². The second-order valence-corrected chi connectivity index (χ2v) is 8.75. The third-order valence-corrected chi connectivity index (χ3v) is 6.21. The summed E-state index contributed by atoms with van der Waals surface area (Å²) in [6.45, 7) is 5.69. The molecule has 7 heteroatoms. The maximum absolute atomic E-state index is 12.7. The van der Waals surface area contributed by atoms with Gasteiger partial charge in [-0.15, -0.1) is 0 Å². The number of halogens is 1. The first-order chi connectivity index (χ1) is 15.4. The molecule has 0 aromatic heterocycles.